The molecule has 1 N–H and O–H groups in total. The smallest absolute Gasteiger partial charge is 0.320 e. The summed E-state index contributed by atoms with van der Waals surface area (Å²) in [6.45, 7) is 0.585. The molecule has 3 rings (SSSR count). The van der Waals surface area contributed by atoms with Crippen molar-refractivity contribution in [3.05, 3.63) is 28.8 Å². The molecule has 0 aromatic heterocycles. The van der Waals surface area contributed by atoms with E-state index in [9.17, 15) is 9.90 Å². The van der Waals surface area contributed by atoms with Gasteiger partial charge in [0.05, 0.1) is 7.11 Å². The standard InChI is InChI=1S/C17H22ClNO3/c1-22-16-7-6-13(18)8-12(16)10-19-14-5-3-2-4-11(14)9-15(19)17(20)21/h6-8,11,14-15H,2-5,9-10H2,1H3,(H,20,21)/t11-,14-,15-/m0/s1. The highest BCUT2D eigenvalue weighted by molar-refractivity contribution is 6.30. The van der Waals surface area contributed by atoms with Crippen LogP contribution in [0.2, 0.25) is 5.02 Å². The van der Waals surface area contributed by atoms with Crippen LogP contribution in [0.15, 0.2) is 18.2 Å². The second-order valence-corrected chi connectivity index (χ2v) is 6.77. The molecule has 0 radical (unpaired) electrons. The van der Waals surface area contributed by atoms with Gasteiger partial charge in [-0.1, -0.05) is 24.4 Å². The molecular formula is C17H22ClNO3. The maximum Gasteiger partial charge on any atom is 0.320 e. The minimum Gasteiger partial charge on any atom is -0.496 e. The van der Waals surface area contributed by atoms with E-state index in [1.54, 1.807) is 13.2 Å². The number of carboxylic acid groups (broad SMARTS) is 1. The lowest BCUT2D eigenvalue weighted by atomic mass is 9.84. The molecule has 5 heteroatoms. The van der Waals surface area contributed by atoms with E-state index < -0.39 is 12.0 Å². The molecule has 4 nitrogen and oxygen atoms in total. The molecule has 1 aromatic rings. The zero-order valence-corrected chi connectivity index (χ0v) is 13.6. The van der Waals surface area contributed by atoms with Crippen LogP contribution in [-0.4, -0.2) is 35.2 Å². The molecule has 2 aliphatic rings. The highest BCUT2D eigenvalue weighted by atomic mass is 35.5. The Balaban J connectivity index is 1.87. The predicted octanol–water partition coefficient (Wildman–Crippen LogP) is 3.57. The molecule has 22 heavy (non-hydrogen) atoms. The molecule has 1 aliphatic heterocycles. The van der Waals surface area contributed by atoms with Crippen LogP contribution in [0.1, 0.15) is 37.7 Å². The Kier molecular flexibility index (Phi) is 4.59. The van der Waals surface area contributed by atoms with E-state index in [0.29, 0.717) is 23.5 Å². The molecule has 3 atom stereocenters. The van der Waals surface area contributed by atoms with Gasteiger partial charge < -0.3 is 9.84 Å². The van der Waals surface area contributed by atoms with Gasteiger partial charge in [-0.05, 0) is 43.4 Å². The molecule has 1 aromatic carbocycles. The summed E-state index contributed by atoms with van der Waals surface area (Å²) >= 11 is 6.11. The van der Waals surface area contributed by atoms with Crippen LogP contribution in [0, 0.1) is 5.92 Å². The number of aliphatic carboxylic acids is 1. The van der Waals surface area contributed by atoms with Gasteiger partial charge in [0.25, 0.3) is 0 Å². The summed E-state index contributed by atoms with van der Waals surface area (Å²) in [5.74, 6) is 0.572. The first kappa shape index (κ1) is 15.6. The monoisotopic (exact) mass is 323 g/mol. The molecule has 0 spiro atoms. The minimum atomic E-state index is -0.713. The quantitative estimate of drug-likeness (QED) is 0.920. The number of carboxylic acids is 1. The van der Waals surface area contributed by atoms with Gasteiger partial charge >= 0.3 is 5.97 Å². The van der Waals surface area contributed by atoms with Gasteiger partial charge in [0.1, 0.15) is 11.8 Å². The number of rotatable bonds is 4. The number of ether oxygens (including phenoxy) is 1. The second kappa shape index (κ2) is 6.47. The molecule has 1 aliphatic carbocycles. The van der Waals surface area contributed by atoms with E-state index >= 15 is 0 Å². The molecule has 0 bridgehead atoms. The number of benzene rings is 1. The van der Waals surface area contributed by atoms with E-state index in [4.69, 9.17) is 16.3 Å². The molecule has 1 saturated heterocycles. The molecule has 2 fully saturated rings. The summed E-state index contributed by atoms with van der Waals surface area (Å²) < 4.78 is 5.41. The lowest BCUT2D eigenvalue weighted by Crippen LogP contribution is -2.41. The first-order chi connectivity index (χ1) is 10.6. The van der Waals surface area contributed by atoms with Gasteiger partial charge in [-0.15, -0.1) is 0 Å². The van der Waals surface area contributed by atoms with Gasteiger partial charge in [0.2, 0.25) is 0 Å². The van der Waals surface area contributed by atoms with Gasteiger partial charge in [-0.3, -0.25) is 9.69 Å². The maximum atomic E-state index is 11.7. The molecule has 1 saturated carbocycles. The summed E-state index contributed by atoms with van der Waals surface area (Å²) in [6, 6.07) is 5.51. The Bertz CT molecular complexity index is 563. The number of nitrogens with zero attached hydrogens (tertiary/aromatic N) is 1. The van der Waals surface area contributed by atoms with Crippen molar-refractivity contribution in [3.8, 4) is 5.75 Å². The van der Waals surface area contributed by atoms with Crippen molar-refractivity contribution >= 4 is 17.6 Å². The SMILES string of the molecule is COc1ccc(Cl)cc1CN1[C@H](C(=O)O)C[C@@H]2CCCC[C@@H]21. The van der Waals surface area contributed by atoms with Crippen molar-refractivity contribution in [2.75, 3.05) is 7.11 Å². The van der Waals surface area contributed by atoms with Crippen molar-refractivity contribution in [1.82, 2.24) is 4.90 Å². The Morgan fingerprint density at radius 3 is 2.91 bits per heavy atom. The van der Waals surface area contributed by atoms with Crippen molar-refractivity contribution in [2.24, 2.45) is 5.92 Å². The first-order valence-electron chi connectivity index (χ1n) is 7.91. The van der Waals surface area contributed by atoms with Crippen molar-refractivity contribution < 1.29 is 14.6 Å². The summed E-state index contributed by atoms with van der Waals surface area (Å²) in [6.07, 6.45) is 5.43. The van der Waals surface area contributed by atoms with Crippen LogP contribution >= 0.6 is 11.6 Å². The zero-order valence-electron chi connectivity index (χ0n) is 12.8. The lowest BCUT2D eigenvalue weighted by molar-refractivity contribution is -0.142. The topological polar surface area (TPSA) is 49.8 Å². The van der Waals surface area contributed by atoms with Crippen LogP contribution in [0.5, 0.6) is 5.75 Å². The average Bonchev–Trinajstić information content (AvgIpc) is 2.87. The highest BCUT2D eigenvalue weighted by Crippen LogP contribution is 2.41. The Morgan fingerprint density at radius 2 is 2.18 bits per heavy atom. The third-order valence-corrected chi connectivity index (χ3v) is 5.34. The van der Waals surface area contributed by atoms with Crippen molar-refractivity contribution in [1.29, 1.82) is 0 Å². The fourth-order valence-electron chi connectivity index (χ4n) is 4.09. The highest BCUT2D eigenvalue weighted by Gasteiger charge is 2.45. The minimum absolute atomic E-state index is 0.374. The van der Waals surface area contributed by atoms with E-state index in [-0.39, 0.29) is 0 Å². The average molecular weight is 324 g/mol. The van der Waals surface area contributed by atoms with Crippen LogP contribution in [0.3, 0.4) is 0 Å². The normalized spacial score (nSPS) is 28.4. The lowest BCUT2D eigenvalue weighted by Gasteiger charge is -2.33. The third-order valence-electron chi connectivity index (χ3n) is 5.10. The Morgan fingerprint density at radius 1 is 1.41 bits per heavy atom. The number of fused-ring (bicyclic) bond motifs is 1. The van der Waals surface area contributed by atoms with Crippen LogP contribution in [0.4, 0.5) is 0 Å². The third kappa shape index (κ3) is 2.95. The maximum absolute atomic E-state index is 11.7. The molecule has 1 heterocycles. The molecule has 120 valence electrons. The summed E-state index contributed by atoms with van der Waals surface area (Å²) in [5, 5.41) is 10.2. The van der Waals surface area contributed by atoms with Crippen LogP contribution < -0.4 is 4.74 Å². The largest absolute Gasteiger partial charge is 0.496 e. The first-order valence-corrected chi connectivity index (χ1v) is 8.29. The summed E-state index contributed by atoms with van der Waals surface area (Å²) in [7, 11) is 1.63. The number of hydrogen-bond acceptors (Lipinski definition) is 3. The van der Waals surface area contributed by atoms with Crippen molar-refractivity contribution in [3.63, 3.8) is 0 Å². The predicted molar refractivity (Wildman–Crippen MR) is 85.3 cm³/mol. The van der Waals surface area contributed by atoms with Gasteiger partial charge in [-0.25, -0.2) is 0 Å². The molecule has 0 unspecified atom stereocenters. The fourth-order valence-corrected chi connectivity index (χ4v) is 4.29. The van der Waals surface area contributed by atoms with E-state index in [0.717, 1.165) is 30.6 Å². The number of hydrogen-bond donors (Lipinski definition) is 1. The van der Waals surface area contributed by atoms with E-state index in [1.165, 1.54) is 12.8 Å². The van der Waals surface area contributed by atoms with Crippen LogP contribution in [0.25, 0.3) is 0 Å². The molecule has 0 amide bonds. The zero-order chi connectivity index (χ0) is 15.7. The van der Waals surface area contributed by atoms with Gasteiger partial charge in [0.15, 0.2) is 0 Å². The van der Waals surface area contributed by atoms with Gasteiger partial charge in [0, 0.05) is 23.2 Å². The van der Waals surface area contributed by atoms with E-state index in [1.807, 2.05) is 12.1 Å². The summed E-state index contributed by atoms with van der Waals surface area (Å²) in [4.78, 5) is 13.8. The summed E-state index contributed by atoms with van der Waals surface area (Å²) in [5.41, 5.74) is 0.965. The fraction of sp³-hybridized carbons (Fsp3) is 0.588. The van der Waals surface area contributed by atoms with E-state index in [2.05, 4.69) is 4.90 Å². The second-order valence-electron chi connectivity index (χ2n) is 6.33. The van der Waals surface area contributed by atoms with Gasteiger partial charge in [-0.2, -0.15) is 0 Å². The number of methoxy groups -OCH3 is 1. The number of halogens is 1. The Labute approximate surface area is 136 Å². The molecular weight excluding hydrogens is 302 g/mol. The van der Waals surface area contributed by atoms with Crippen molar-refractivity contribution in [2.45, 2.75) is 50.7 Å². The van der Waals surface area contributed by atoms with Crippen LogP contribution in [-0.2, 0) is 11.3 Å². The number of likely N-dealkylation sites (tertiary alicyclic amines) is 1. The Hall–Kier alpha value is -1.26. The number of carbonyl (C=O) groups is 1.